The first-order valence-electron chi connectivity index (χ1n) is 9.09. The second kappa shape index (κ2) is 7.19. The highest BCUT2D eigenvalue weighted by molar-refractivity contribution is 6.09. The second-order valence-electron chi connectivity index (χ2n) is 6.82. The minimum atomic E-state index is -0.339. The quantitative estimate of drug-likeness (QED) is 0.773. The van der Waals surface area contributed by atoms with E-state index in [4.69, 9.17) is 0 Å². The first-order valence-corrected chi connectivity index (χ1v) is 9.09. The second-order valence-corrected chi connectivity index (χ2v) is 6.82. The van der Waals surface area contributed by atoms with Gasteiger partial charge in [0.1, 0.15) is 6.54 Å². The number of amides is 2. The number of aryl methyl sites for hydroxylation is 1. The van der Waals surface area contributed by atoms with E-state index in [9.17, 15) is 9.59 Å². The Morgan fingerprint density at radius 2 is 1.89 bits per heavy atom. The van der Waals surface area contributed by atoms with Crippen molar-refractivity contribution in [3.05, 3.63) is 53.9 Å². The predicted octanol–water partition coefficient (Wildman–Crippen LogP) is 2.61. The fourth-order valence-electron chi connectivity index (χ4n) is 3.41. The average Bonchev–Trinajstić information content (AvgIpc) is 3.36. The summed E-state index contributed by atoms with van der Waals surface area (Å²) in [6.45, 7) is 3.64. The smallest absolute Gasteiger partial charge is 0.277 e. The van der Waals surface area contributed by atoms with Gasteiger partial charge in [0.25, 0.3) is 5.91 Å². The van der Waals surface area contributed by atoms with E-state index in [2.05, 4.69) is 15.6 Å². The summed E-state index contributed by atoms with van der Waals surface area (Å²) in [5.74, 6) is -0.330. The molecule has 0 radical (unpaired) electrons. The summed E-state index contributed by atoms with van der Waals surface area (Å²) >= 11 is 0. The molecule has 0 bridgehead atoms. The van der Waals surface area contributed by atoms with Gasteiger partial charge < -0.3 is 10.2 Å². The van der Waals surface area contributed by atoms with Gasteiger partial charge in [-0.3, -0.25) is 9.59 Å². The number of carbonyl (C=O) groups is 2. The van der Waals surface area contributed by atoms with Crippen LogP contribution in [-0.2, 0) is 11.3 Å². The van der Waals surface area contributed by atoms with Crippen LogP contribution in [0.2, 0.25) is 0 Å². The van der Waals surface area contributed by atoms with Gasteiger partial charge >= 0.3 is 0 Å². The molecule has 7 heteroatoms. The van der Waals surface area contributed by atoms with Crippen LogP contribution in [0.4, 0.5) is 5.69 Å². The molecular weight excluding hydrogens is 342 g/mol. The summed E-state index contributed by atoms with van der Waals surface area (Å²) in [5.41, 5.74) is 1.93. The molecular formula is C20H21N5O2. The summed E-state index contributed by atoms with van der Waals surface area (Å²) in [4.78, 5) is 26.7. The maximum absolute atomic E-state index is 12.6. The SMILES string of the molecule is Cc1ccc2ccccc2c1NC(=O)c1cn(CC(=O)N2CCCC2)nn1. The van der Waals surface area contributed by atoms with Gasteiger partial charge in [0.2, 0.25) is 5.91 Å². The Labute approximate surface area is 157 Å². The normalized spacial score (nSPS) is 13.9. The Bertz CT molecular complexity index is 1000. The third-order valence-corrected chi connectivity index (χ3v) is 4.90. The van der Waals surface area contributed by atoms with E-state index >= 15 is 0 Å². The van der Waals surface area contributed by atoms with Crippen LogP contribution in [0.25, 0.3) is 10.8 Å². The van der Waals surface area contributed by atoms with Crippen LogP contribution in [0.1, 0.15) is 28.9 Å². The molecule has 3 aromatic rings. The number of benzene rings is 2. The molecule has 2 heterocycles. The molecule has 2 aromatic carbocycles. The molecule has 1 aliphatic rings. The van der Waals surface area contributed by atoms with Crippen molar-refractivity contribution in [1.82, 2.24) is 19.9 Å². The highest BCUT2D eigenvalue weighted by atomic mass is 16.2. The molecule has 0 spiro atoms. The molecule has 1 saturated heterocycles. The fourth-order valence-corrected chi connectivity index (χ4v) is 3.41. The average molecular weight is 363 g/mol. The third-order valence-electron chi connectivity index (χ3n) is 4.90. The molecule has 0 atom stereocenters. The molecule has 0 unspecified atom stereocenters. The Hall–Kier alpha value is -3.22. The summed E-state index contributed by atoms with van der Waals surface area (Å²) in [6, 6.07) is 11.9. The maximum atomic E-state index is 12.6. The van der Waals surface area contributed by atoms with Gasteiger partial charge in [0.15, 0.2) is 5.69 Å². The van der Waals surface area contributed by atoms with Gasteiger partial charge in [-0.15, -0.1) is 5.10 Å². The van der Waals surface area contributed by atoms with Crippen molar-refractivity contribution >= 4 is 28.3 Å². The van der Waals surface area contributed by atoms with Gasteiger partial charge in [0, 0.05) is 18.5 Å². The van der Waals surface area contributed by atoms with E-state index in [0.717, 1.165) is 48.0 Å². The lowest BCUT2D eigenvalue weighted by Crippen LogP contribution is -2.31. The number of nitrogens with one attached hydrogen (secondary N) is 1. The molecule has 0 saturated carbocycles. The number of nitrogens with zero attached hydrogens (tertiary/aromatic N) is 4. The Morgan fingerprint density at radius 3 is 2.70 bits per heavy atom. The number of anilines is 1. The van der Waals surface area contributed by atoms with Crippen molar-refractivity contribution in [2.45, 2.75) is 26.3 Å². The van der Waals surface area contributed by atoms with E-state index in [-0.39, 0.29) is 24.1 Å². The monoisotopic (exact) mass is 363 g/mol. The van der Waals surface area contributed by atoms with Crippen molar-refractivity contribution in [3.63, 3.8) is 0 Å². The molecule has 27 heavy (non-hydrogen) atoms. The highest BCUT2D eigenvalue weighted by Crippen LogP contribution is 2.27. The number of aromatic nitrogens is 3. The highest BCUT2D eigenvalue weighted by Gasteiger charge is 2.20. The van der Waals surface area contributed by atoms with Crippen molar-refractivity contribution in [2.24, 2.45) is 0 Å². The van der Waals surface area contributed by atoms with E-state index in [1.54, 1.807) is 0 Å². The zero-order chi connectivity index (χ0) is 18.8. The lowest BCUT2D eigenvalue weighted by Gasteiger charge is -2.14. The van der Waals surface area contributed by atoms with Gasteiger partial charge in [-0.25, -0.2) is 4.68 Å². The Balaban J connectivity index is 1.50. The largest absolute Gasteiger partial charge is 0.341 e. The van der Waals surface area contributed by atoms with Crippen LogP contribution in [0.15, 0.2) is 42.6 Å². The van der Waals surface area contributed by atoms with E-state index in [0.29, 0.717) is 0 Å². The summed E-state index contributed by atoms with van der Waals surface area (Å²) in [5, 5.41) is 12.8. The minimum absolute atomic E-state index is 0.00857. The first kappa shape index (κ1) is 17.2. The number of carbonyl (C=O) groups excluding carboxylic acids is 2. The Kier molecular flexibility index (Phi) is 4.58. The summed E-state index contributed by atoms with van der Waals surface area (Å²) < 4.78 is 1.42. The van der Waals surface area contributed by atoms with Gasteiger partial charge in [-0.05, 0) is 30.7 Å². The fraction of sp³-hybridized carbons (Fsp3) is 0.300. The van der Waals surface area contributed by atoms with E-state index in [1.165, 1.54) is 10.9 Å². The molecule has 1 fully saturated rings. The zero-order valence-corrected chi connectivity index (χ0v) is 15.2. The third kappa shape index (κ3) is 3.53. The number of hydrogen-bond donors (Lipinski definition) is 1. The summed E-state index contributed by atoms with van der Waals surface area (Å²) in [6.07, 6.45) is 3.60. The number of hydrogen-bond acceptors (Lipinski definition) is 4. The van der Waals surface area contributed by atoms with Crippen molar-refractivity contribution < 1.29 is 9.59 Å². The topological polar surface area (TPSA) is 80.1 Å². The van der Waals surface area contributed by atoms with Crippen LogP contribution in [-0.4, -0.2) is 44.8 Å². The first-order chi connectivity index (χ1) is 13.1. The number of likely N-dealkylation sites (tertiary alicyclic amines) is 1. The molecule has 1 N–H and O–H groups in total. The molecule has 1 aromatic heterocycles. The van der Waals surface area contributed by atoms with Crippen LogP contribution in [0.3, 0.4) is 0 Å². The number of fused-ring (bicyclic) bond motifs is 1. The molecule has 138 valence electrons. The summed E-state index contributed by atoms with van der Waals surface area (Å²) in [7, 11) is 0. The molecule has 4 rings (SSSR count). The molecule has 1 aliphatic heterocycles. The minimum Gasteiger partial charge on any atom is -0.341 e. The van der Waals surface area contributed by atoms with E-state index in [1.807, 2.05) is 48.2 Å². The van der Waals surface area contributed by atoms with Crippen LogP contribution < -0.4 is 5.32 Å². The lowest BCUT2D eigenvalue weighted by molar-refractivity contribution is -0.130. The zero-order valence-electron chi connectivity index (χ0n) is 15.2. The number of rotatable bonds is 4. The predicted molar refractivity (Wildman–Crippen MR) is 102 cm³/mol. The van der Waals surface area contributed by atoms with Crippen molar-refractivity contribution in [2.75, 3.05) is 18.4 Å². The van der Waals surface area contributed by atoms with Gasteiger partial charge in [0.05, 0.1) is 11.9 Å². The lowest BCUT2D eigenvalue weighted by atomic mass is 10.0. The molecule has 7 nitrogen and oxygen atoms in total. The van der Waals surface area contributed by atoms with E-state index < -0.39 is 0 Å². The maximum Gasteiger partial charge on any atom is 0.277 e. The molecule has 2 amide bonds. The van der Waals surface area contributed by atoms with Crippen molar-refractivity contribution in [3.8, 4) is 0 Å². The van der Waals surface area contributed by atoms with Crippen LogP contribution >= 0.6 is 0 Å². The van der Waals surface area contributed by atoms with Crippen LogP contribution in [0, 0.1) is 6.92 Å². The standard InChI is InChI=1S/C20H21N5O2/c1-14-8-9-15-6-2-3-7-16(15)19(14)21-20(27)17-12-25(23-22-17)13-18(26)24-10-4-5-11-24/h2-3,6-9,12H,4-5,10-11,13H2,1H3,(H,21,27). The Morgan fingerprint density at radius 1 is 1.11 bits per heavy atom. The van der Waals surface area contributed by atoms with Gasteiger partial charge in [-0.1, -0.05) is 41.6 Å². The van der Waals surface area contributed by atoms with Crippen LogP contribution in [0.5, 0.6) is 0 Å². The molecule has 0 aliphatic carbocycles. The van der Waals surface area contributed by atoms with Gasteiger partial charge in [-0.2, -0.15) is 0 Å². The van der Waals surface area contributed by atoms with Crippen molar-refractivity contribution in [1.29, 1.82) is 0 Å².